The normalized spacial score (nSPS) is 14.8. The van der Waals surface area contributed by atoms with Crippen LogP contribution in [-0.2, 0) is 4.74 Å². The Balaban J connectivity index is 0. The molecule has 0 amide bonds. The van der Waals surface area contributed by atoms with Gasteiger partial charge in [0.05, 0.1) is 25.4 Å². The smallest absolute Gasteiger partial charge is 0.151 e. The fraction of sp³-hybridized carbons (Fsp3) is 1.00. The second-order valence-electron chi connectivity index (χ2n) is 6.11. The van der Waals surface area contributed by atoms with Gasteiger partial charge >= 0.3 is 0 Å². The van der Waals surface area contributed by atoms with Gasteiger partial charge in [-0.3, -0.25) is 0 Å². The summed E-state index contributed by atoms with van der Waals surface area (Å²) in [5.41, 5.74) is 0.314. The maximum Gasteiger partial charge on any atom is 0.151 e. The van der Waals surface area contributed by atoms with Crippen LogP contribution < -0.4 is 0 Å². The van der Waals surface area contributed by atoms with Crippen molar-refractivity contribution in [2.45, 2.75) is 72.4 Å². The molecule has 0 spiro atoms. The molecule has 4 N–H and O–H groups in total. The minimum absolute atomic E-state index is 0.00667. The molecule has 5 heteroatoms. The third-order valence-corrected chi connectivity index (χ3v) is 2.27. The number of aliphatic hydroxyl groups excluding tert-OH is 3. The van der Waals surface area contributed by atoms with Gasteiger partial charge in [0, 0.05) is 0 Å². The first-order valence-corrected chi connectivity index (χ1v) is 6.85. The Bertz CT molecular complexity index is 187. The molecule has 0 rings (SSSR count). The van der Waals surface area contributed by atoms with Crippen LogP contribution in [-0.4, -0.2) is 52.1 Å². The summed E-state index contributed by atoms with van der Waals surface area (Å²) in [5.74, 6) is 0. The van der Waals surface area contributed by atoms with E-state index in [-0.39, 0.29) is 12.7 Å². The number of ether oxygens (including phenoxy) is 1. The summed E-state index contributed by atoms with van der Waals surface area (Å²) >= 11 is 0. The first-order valence-electron chi connectivity index (χ1n) is 6.85. The lowest BCUT2D eigenvalue weighted by Gasteiger charge is -2.17. The molecule has 5 nitrogen and oxygen atoms in total. The molecule has 2 atom stereocenters. The Morgan fingerprint density at radius 2 is 1.58 bits per heavy atom. The lowest BCUT2D eigenvalue weighted by Crippen LogP contribution is -2.19. The Hall–Kier alpha value is -0.200. The molecular formula is C14H32O5. The van der Waals surface area contributed by atoms with Crippen molar-refractivity contribution >= 4 is 0 Å². The summed E-state index contributed by atoms with van der Waals surface area (Å²) in [6.07, 6.45) is 0.698. The predicted molar refractivity (Wildman–Crippen MR) is 75.7 cm³/mol. The van der Waals surface area contributed by atoms with Gasteiger partial charge in [0.25, 0.3) is 0 Å². The number of hydrogen-bond donors (Lipinski definition) is 4. The van der Waals surface area contributed by atoms with E-state index in [0.717, 1.165) is 12.8 Å². The minimum Gasteiger partial charge on any atom is -0.394 e. The summed E-state index contributed by atoms with van der Waals surface area (Å²) in [6, 6.07) is 0. The molecule has 0 bridgehead atoms. The summed E-state index contributed by atoms with van der Waals surface area (Å²) in [6.45, 7) is 10.1. The zero-order valence-corrected chi connectivity index (χ0v) is 13.0. The topological polar surface area (TPSA) is 90.2 Å². The Labute approximate surface area is 117 Å². The molecule has 19 heavy (non-hydrogen) atoms. The van der Waals surface area contributed by atoms with E-state index in [4.69, 9.17) is 25.2 Å². The predicted octanol–water partition coefficient (Wildman–Crippen LogP) is 1.28. The standard InChI is InChI=1S/C8H18O2.C6H14O3/c1-8(2,3)6-4-5-7(9)10;1-5(8)4-9-6(2)3-7/h7,9-10H,4-6H2,1-3H3;5-8H,3-4H2,1-2H3. The van der Waals surface area contributed by atoms with E-state index in [1.165, 1.54) is 0 Å². The second kappa shape index (κ2) is 11.6. The van der Waals surface area contributed by atoms with Gasteiger partial charge in [-0.15, -0.1) is 0 Å². The van der Waals surface area contributed by atoms with E-state index in [2.05, 4.69) is 20.8 Å². The van der Waals surface area contributed by atoms with Gasteiger partial charge in [0.1, 0.15) is 0 Å². The van der Waals surface area contributed by atoms with E-state index in [1.807, 2.05) is 0 Å². The highest BCUT2D eigenvalue weighted by Crippen LogP contribution is 2.21. The van der Waals surface area contributed by atoms with Crippen molar-refractivity contribution in [3.8, 4) is 0 Å². The average Bonchev–Trinajstić information content (AvgIpc) is 2.24. The maximum absolute atomic E-state index is 8.69. The molecule has 0 saturated carbocycles. The molecule has 0 radical (unpaired) electrons. The molecule has 0 aromatic heterocycles. The quantitative estimate of drug-likeness (QED) is 0.527. The van der Waals surface area contributed by atoms with Crippen LogP contribution in [0.3, 0.4) is 0 Å². The third kappa shape index (κ3) is 23.3. The molecule has 0 aromatic carbocycles. The molecule has 0 saturated heterocycles. The summed E-state index contributed by atoms with van der Waals surface area (Å²) < 4.78 is 4.95. The van der Waals surface area contributed by atoms with Crippen LogP contribution in [0.5, 0.6) is 0 Å². The molecule has 0 aliphatic carbocycles. The molecule has 118 valence electrons. The van der Waals surface area contributed by atoms with E-state index in [9.17, 15) is 0 Å². The summed E-state index contributed by atoms with van der Waals surface area (Å²) in [7, 11) is 0. The third-order valence-electron chi connectivity index (χ3n) is 2.27. The first kappa shape index (κ1) is 21.1. The van der Waals surface area contributed by atoms with Crippen LogP contribution in [0.4, 0.5) is 0 Å². The molecular weight excluding hydrogens is 248 g/mol. The summed E-state index contributed by atoms with van der Waals surface area (Å²) in [4.78, 5) is 0. The zero-order valence-electron chi connectivity index (χ0n) is 13.0. The van der Waals surface area contributed by atoms with Gasteiger partial charge in [-0.2, -0.15) is 0 Å². The van der Waals surface area contributed by atoms with Crippen LogP contribution in [0.15, 0.2) is 0 Å². The number of rotatable bonds is 7. The van der Waals surface area contributed by atoms with Crippen LogP contribution in [0, 0.1) is 5.41 Å². The maximum atomic E-state index is 8.69. The lowest BCUT2D eigenvalue weighted by molar-refractivity contribution is -0.0476. The Kier molecular flexibility index (Phi) is 12.9. The van der Waals surface area contributed by atoms with Crippen molar-refractivity contribution < 1.29 is 25.2 Å². The molecule has 0 aliphatic rings. The monoisotopic (exact) mass is 280 g/mol. The SMILES string of the molecule is CC(C)(C)CCCC(O)O.CC(O)COC(C)CO. The number of aliphatic hydroxyl groups is 4. The van der Waals surface area contributed by atoms with Crippen molar-refractivity contribution in [2.24, 2.45) is 5.41 Å². The average molecular weight is 280 g/mol. The first-order chi connectivity index (χ1) is 8.58. The van der Waals surface area contributed by atoms with Gasteiger partial charge in [-0.1, -0.05) is 20.8 Å². The molecule has 0 fully saturated rings. The van der Waals surface area contributed by atoms with Gasteiger partial charge in [0.2, 0.25) is 0 Å². The van der Waals surface area contributed by atoms with Crippen molar-refractivity contribution in [2.75, 3.05) is 13.2 Å². The van der Waals surface area contributed by atoms with E-state index in [0.29, 0.717) is 18.4 Å². The van der Waals surface area contributed by atoms with E-state index >= 15 is 0 Å². The number of hydrogen-bond acceptors (Lipinski definition) is 5. The van der Waals surface area contributed by atoms with Gasteiger partial charge < -0.3 is 25.2 Å². The van der Waals surface area contributed by atoms with E-state index < -0.39 is 12.4 Å². The second-order valence-corrected chi connectivity index (χ2v) is 6.11. The van der Waals surface area contributed by atoms with Gasteiger partial charge in [-0.05, 0) is 38.5 Å². The minimum atomic E-state index is -1.12. The van der Waals surface area contributed by atoms with Crippen LogP contribution in [0.25, 0.3) is 0 Å². The van der Waals surface area contributed by atoms with Crippen molar-refractivity contribution in [1.29, 1.82) is 0 Å². The molecule has 0 aliphatic heterocycles. The highest BCUT2D eigenvalue weighted by atomic mass is 16.5. The fourth-order valence-electron chi connectivity index (χ4n) is 1.17. The van der Waals surface area contributed by atoms with Crippen molar-refractivity contribution in [1.82, 2.24) is 0 Å². The van der Waals surface area contributed by atoms with Gasteiger partial charge in [0.15, 0.2) is 6.29 Å². The molecule has 2 unspecified atom stereocenters. The van der Waals surface area contributed by atoms with Crippen molar-refractivity contribution in [3.05, 3.63) is 0 Å². The Morgan fingerprint density at radius 3 is 1.89 bits per heavy atom. The Morgan fingerprint density at radius 1 is 1.05 bits per heavy atom. The van der Waals surface area contributed by atoms with Gasteiger partial charge in [-0.25, -0.2) is 0 Å². The van der Waals surface area contributed by atoms with Crippen LogP contribution >= 0.6 is 0 Å². The molecule has 0 heterocycles. The van der Waals surface area contributed by atoms with Crippen LogP contribution in [0.1, 0.15) is 53.9 Å². The highest BCUT2D eigenvalue weighted by molar-refractivity contribution is 4.60. The lowest BCUT2D eigenvalue weighted by atomic mass is 9.90. The largest absolute Gasteiger partial charge is 0.394 e. The molecule has 0 aromatic rings. The fourth-order valence-corrected chi connectivity index (χ4v) is 1.17. The van der Waals surface area contributed by atoms with E-state index in [1.54, 1.807) is 13.8 Å². The van der Waals surface area contributed by atoms with Crippen molar-refractivity contribution in [3.63, 3.8) is 0 Å². The zero-order chi connectivity index (χ0) is 15.5. The highest BCUT2D eigenvalue weighted by Gasteiger charge is 2.09. The summed E-state index contributed by atoms with van der Waals surface area (Å²) in [5, 5.41) is 34.1. The van der Waals surface area contributed by atoms with Crippen LogP contribution in [0.2, 0.25) is 0 Å².